The third kappa shape index (κ3) is 1.74. The van der Waals surface area contributed by atoms with Gasteiger partial charge in [-0.25, -0.2) is 0 Å². The van der Waals surface area contributed by atoms with Gasteiger partial charge in [0.15, 0.2) is 0 Å². The van der Waals surface area contributed by atoms with Crippen molar-refractivity contribution in [2.24, 2.45) is 0 Å². The molecule has 2 nitrogen and oxygen atoms in total. The number of rotatable bonds is 1. The van der Waals surface area contributed by atoms with Crippen LogP contribution >= 0.6 is 0 Å². The van der Waals surface area contributed by atoms with Crippen molar-refractivity contribution in [2.45, 2.75) is 6.92 Å². The van der Waals surface area contributed by atoms with Gasteiger partial charge in [0.05, 0.1) is 11.9 Å². The molecule has 0 fully saturated rings. The minimum atomic E-state index is 0.195. The van der Waals surface area contributed by atoms with Gasteiger partial charge in [-0.3, -0.25) is 4.98 Å². The Bertz CT molecular complexity index is 374. The summed E-state index contributed by atoms with van der Waals surface area (Å²) in [6.07, 6.45) is 1.45. The van der Waals surface area contributed by atoms with Crippen LogP contribution < -0.4 is 0 Å². The topological polar surface area (TPSA) is 33.1 Å². The van der Waals surface area contributed by atoms with Crippen molar-refractivity contribution < 1.29 is 5.11 Å². The Hall–Kier alpha value is -1.83. The van der Waals surface area contributed by atoms with Crippen LogP contribution in [0.4, 0.5) is 0 Å². The predicted molar refractivity (Wildman–Crippen MR) is 56.1 cm³/mol. The van der Waals surface area contributed by atoms with Gasteiger partial charge in [0.2, 0.25) is 0 Å². The quantitative estimate of drug-likeness (QED) is 0.741. The summed E-state index contributed by atoms with van der Waals surface area (Å²) in [7, 11) is 0. The van der Waals surface area contributed by atoms with E-state index in [1.807, 2.05) is 31.2 Å². The van der Waals surface area contributed by atoms with Gasteiger partial charge in [-0.15, -0.1) is 0 Å². The molecule has 0 saturated heterocycles. The maximum absolute atomic E-state index is 9.09. The van der Waals surface area contributed by atoms with Gasteiger partial charge >= 0.3 is 0 Å². The first kappa shape index (κ1) is 8.75. The minimum Gasteiger partial charge on any atom is -0.506 e. The van der Waals surface area contributed by atoms with Crippen LogP contribution in [0.3, 0.4) is 0 Å². The third-order valence-corrected chi connectivity index (χ3v) is 2.10. The molecule has 1 aromatic carbocycles. The summed E-state index contributed by atoms with van der Waals surface area (Å²) in [5, 5.41) is 9.09. The second kappa shape index (κ2) is 3.50. The van der Waals surface area contributed by atoms with Crippen LogP contribution in [-0.4, -0.2) is 10.1 Å². The Morgan fingerprint density at radius 2 is 1.71 bits per heavy atom. The fraction of sp³-hybridized carbons (Fsp3) is 0.0833. The molecule has 2 rings (SSSR count). The maximum Gasteiger partial charge on any atom is 0.133 e. The molecule has 0 radical (unpaired) electrons. The molecule has 2 aromatic rings. The Balaban J connectivity index is 2.40. The summed E-state index contributed by atoms with van der Waals surface area (Å²) >= 11 is 0. The number of aryl methyl sites for hydroxylation is 1. The molecular formula is C12H11NO. The van der Waals surface area contributed by atoms with E-state index in [4.69, 9.17) is 5.11 Å². The number of pyridine rings is 1. The van der Waals surface area contributed by atoms with Gasteiger partial charge in [0, 0.05) is 5.56 Å². The lowest BCUT2D eigenvalue weighted by molar-refractivity contribution is 0.473. The van der Waals surface area contributed by atoms with Gasteiger partial charge in [0.25, 0.3) is 0 Å². The number of aromatic hydroxyl groups is 1. The average molecular weight is 185 g/mol. The second-order valence-corrected chi connectivity index (χ2v) is 3.27. The highest BCUT2D eigenvalue weighted by Crippen LogP contribution is 2.18. The molecule has 1 N–H and O–H groups in total. The molecular weight excluding hydrogens is 174 g/mol. The monoisotopic (exact) mass is 185 g/mol. The number of benzene rings is 1. The Labute approximate surface area is 82.9 Å². The van der Waals surface area contributed by atoms with E-state index >= 15 is 0 Å². The molecule has 0 aliphatic carbocycles. The predicted octanol–water partition coefficient (Wildman–Crippen LogP) is 2.76. The summed E-state index contributed by atoms with van der Waals surface area (Å²) in [5.41, 5.74) is 3.17. The highest BCUT2D eigenvalue weighted by Gasteiger charge is 1.97. The van der Waals surface area contributed by atoms with E-state index in [0.29, 0.717) is 0 Å². The van der Waals surface area contributed by atoms with Crippen molar-refractivity contribution in [3.63, 3.8) is 0 Å². The number of nitrogens with zero attached hydrogens (tertiary/aromatic N) is 1. The van der Waals surface area contributed by atoms with E-state index in [9.17, 15) is 0 Å². The second-order valence-electron chi connectivity index (χ2n) is 3.27. The average Bonchev–Trinajstić information content (AvgIpc) is 2.21. The Morgan fingerprint density at radius 3 is 2.29 bits per heavy atom. The summed E-state index contributed by atoms with van der Waals surface area (Å²) in [5.74, 6) is 0.195. The summed E-state index contributed by atoms with van der Waals surface area (Å²) in [4.78, 5) is 4.13. The van der Waals surface area contributed by atoms with E-state index < -0.39 is 0 Å². The van der Waals surface area contributed by atoms with Crippen molar-refractivity contribution in [3.8, 4) is 17.0 Å². The third-order valence-electron chi connectivity index (χ3n) is 2.10. The van der Waals surface area contributed by atoms with Crippen LogP contribution in [0.5, 0.6) is 5.75 Å². The Morgan fingerprint density at radius 1 is 1.00 bits per heavy atom. The lowest BCUT2D eigenvalue weighted by atomic mass is 10.1. The van der Waals surface area contributed by atoms with Gasteiger partial charge in [0.1, 0.15) is 5.75 Å². The first-order valence-corrected chi connectivity index (χ1v) is 4.48. The van der Waals surface area contributed by atoms with Crippen LogP contribution in [0, 0.1) is 6.92 Å². The zero-order valence-corrected chi connectivity index (χ0v) is 7.94. The van der Waals surface area contributed by atoms with Crippen molar-refractivity contribution in [3.05, 3.63) is 48.2 Å². The maximum atomic E-state index is 9.09. The smallest absolute Gasteiger partial charge is 0.133 e. The summed E-state index contributed by atoms with van der Waals surface area (Å²) in [6, 6.07) is 11.6. The van der Waals surface area contributed by atoms with Crippen LogP contribution in [0.15, 0.2) is 42.6 Å². The molecule has 2 heteroatoms. The SMILES string of the molecule is Cc1ccc(-c2ccc(O)cn2)cc1. The molecule has 1 aromatic heterocycles. The fourth-order valence-corrected chi connectivity index (χ4v) is 1.28. The van der Waals surface area contributed by atoms with E-state index in [-0.39, 0.29) is 5.75 Å². The molecule has 0 bridgehead atoms. The normalized spacial score (nSPS) is 10.1. The van der Waals surface area contributed by atoms with Crippen molar-refractivity contribution in [2.75, 3.05) is 0 Å². The van der Waals surface area contributed by atoms with E-state index in [2.05, 4.69) is 4.98 Å². The highest BCUT2D eigenvalue weighted by atomic mass is 16.3. The molecule has 0 aliphatic rings. The van der Waals surface area contributed by atoms with E-state index in [1.54, 1.807) is 12.1 Å². The number of hydrogen-bond donors (Lipinski definition) is 1. The lowest BCUT2D eigenvalue weighted by Crippen LogP contribution is -1.82. The van der Waals surface area contributed by atoms with E-state index in [0.717, 1.165) is 11.3 Å². The van der Waals surface area contributed by atoms with Crippen molar-refractivity contribution >= 4 is 0 Å². The Kier molecular flexibility index (Phi) is 2.19. The molecule has 70 valence electrons. The molecule has 14 heavy (non-hydrogen) atoms. The van der Waals surface area contributed by atoms with Crippen molar-refractivity contribution in [1.29, 1.82) is 0 Å². The van der Waals surface area contributed by atoms with Gasteiger partial charge in [-0.2, -0.15) is 0 Å². The molecule has 0 unspecified atom stereocenters. The number of hydrogen-bond acceptors (Lipinski definition) is 2. The van der Waals surface area contributed by atoms with E-state index in [1.165, 1.54) is 11.8 Å². The van der Waals surface area contributed by atoms with Gasteiger partial charge in [-0.1, -0.05) is 29.8 Å². The van der Waals surface area contributed by atoms with Crippen LogP contribution in [0.2, 0.25) is 0 Å². The first-order chi connectivity index (χ1) is 6.75. The summed E-state index contributed by atoms with van der Waals surface area (Å²) in [6.45, 7) is 2.05. The largest absolute Gasteiger partial charge is 0.506 e. The zero-order valence-electron chi connectivity index (χ0n) is 7.94. The number of aromatic nitrogens is 1. The van der Waals surface area contributed by atoms with Crippen molar-refractivity contribution in [1.82, 2.24) is 4.98 Å². The lowest BCUT2D eigenvalue weighted by Gasteiger charge is -2.00. The molecule has 0 amide bonds. The van der Waals surface area contributed by atoms with Gasteiger partial charge in [-0.05, 0) is 19.1 Å². The molecule has 0 saturated carbocycles. The standard InChI is InChI=1S/C12H11NO/c1-9-2-4-10(5-3-9)12-7-6-11(14)8-13-12/h2-8,14H,1H3. The first-order valence-electron chi connectivity index (χ1n) is 4.48. The van der Waals surface area contributed by atoms with Crippen LogP contribution in [0.25, 0.3) is 11.3 Å². The van der Waals surface area contributed by atoms with Gasteiger partial charge < -0.3 is 5.11 Å². The summed E-state index contributed by atoms with van der Waals surface area (Å²) < 4.78 is 0. The molecule has 0 aliphatic heterocycles. The fourth-order valence-electron chi connectivity index (χ4n) is 1.28. The minimum absolute atomic E-state index is 0.195. The molecule has 1 heterocycles. The zero-order chi connectivity index (χ0) is 9.97. The molecule has 0 spiro atoms. The van der Waals surface area contributed by atoms with Crippen LogP contribution in [-0.2, 0) is 0 Å². The van der Waals surface area contributed by atoms with Crippen LogP contribution in [0.1, 0.15) is 5.56 Å². The molecule has 0 atom stereocenters. The highest BCUT2D eigenvalue weighted by molar-refractivity contribution is 5.59.